The van der Waals surface area contributed by atoms with Gasteiger partial charge in [-0.05, 0) is 43.5 Å². The van der Waals surface area contributed by atoms with E-state index in [2.05, 4.69) is 47.8 Å². The van der Waals surface area contributed by atoms with Crippen molar-refractivity contribution in [3.05, 3.63) is 52.1 Å². The number of imidazole rings is 1. The highest BCUT2D eigenvalue weighted by molar-refractivity contribution is 6.31. The molecule has 0 aliphatic heterocycles. The fourth-order valence-electron chi connectivity index (χ4n) is 2.31. The van der Waals surface area contributed by atoms with E-state index in [-0.39, 0.29) is 0 Å². The summed E-state index contributed by atoms with van der Waals surface area (Å²) in [4.78, 5) is 4.44. The van der Waals surface area contributed by atoms with Gasteiger partial charge in [0.15, 0.2) is 0 Å². The van der Waals surface area contributed by atoms with Crippen LogP contribution in [0.3, 0.4) is 0 Å². The maximum Gasteiger partial charge on any atom is 0.106 e. The van der Waals surface area contributed by atoms with Crippen molar-refractivity contribution in [1.82, 2.24) is 14.9 Å². The lowest BCUT2D eigenvalue weighted by atomic mass is 10.1. The number of hydrogen-bond acceptors (Lipinski definition) is 2. The second-order valence-corrected chi connectivity index (χ2v) is 6.41. The van der Waals surface area contributed by atoms with E-state index in [1.165, 1.54) is 11.3 Å². The first-order chi connectivity index (χ1) is 9.97. The maximum absolute atomic E-state index is 6.35. The predicted molar refractivity (Wildman–Crippen MR) is 88.8 cm³/mol. The second kappa shape index (κ2) is 7.10. The summed E-state index contributed by atoms with van der Waals surface area (Å²) in [5.41, 5.74) is 3.52. The number of nitrogens with zero attached hydrogens (tertiary/aromatic N) is 2. The van der Waals surface area contributed by atoms with E-state index in [0.29, 0.717) is 5.92 Å². The van der Waals surface area contributed by atoms with Crippen molar-refractivity contribution in [1.29, 1.82) is 0 Å². The minimum atomic E-state index is 0.647. The van der Waals surface area contributed by atoms with Gasteiger partial charge in [-0.2, -0.15) is 0 Å². The van der Waals surface area contributed by atoms with Crippen LogP contribution < -0.4 is 5.32 Å². The molecule has 21 heavy (non-hydrogen) atoms. The zero-order chi connectivity index (χ0) is 15.4. The van der Waals surface area contributed by atoms with Crippen LogP contribution in [0.25, 0.3) is 0 Å². The largest absolute Gasteiger partial charge is 0.327 e. The van der Waals surface area contributed by atoms with E-state index >= 15 is 0 Å². The van der Waals surface area contributed by atoms with Crippen LogP contribution in [0.15, 0.2) is 24.4 Å². The number of halogens is 1. The average molecular weight is 306 g/mol. The summed E-state index contributed by atoms with van der Waals surface area (Å²) < 4.78 is 2.23. The molecule has 0 saturated carbocycles. The minimum absolute atomic E-state index is 0.647. The molecule has 0 aliphatic rings. The first-order valence-corrected chi connectivity index (χ1v) is 7.82. The highest BCUT2D eigenvalue weighted by Crippen LogP contribution is 2.20. The average Bonchev–Trinajstić information content (AvgIpc) is 2.74. The van der Waals surface area contributed by atoms with Crippen molar-refractivity contribution in [2.75, 3.05) is 6.54 Å². The monoisotopic (exact) mass is 305 g/mol. The fraction of sp³-hybridized carbons (Fsp3) is 0.471. The number of nitrogens with one attached hydrogen (secondary N) is 1. The summed E-state index contributed by atoms with van der Waals surface area (Å²) in [7, 11) is 0. The molecule has 4 heteroatoms. The van der Waals surface area contributed by atoms with E-state index in [1.807, 2.05) is 19.2 Å². The minimum Gasteiger partial charge on any atom is -0.327 e. The van der Waals surface area contributed by atoms with Crippen molar-refractivity contribution in [2.24, 2.45) is 5.92 Å². The van der Waals surface area contributed by atoms with Gasteiger partial charge in [-0.25, -0.2) is 4.98 Å². The molecule has 0 saturated heterocycles. The lowest BCUT2D eigenvalue weighted by Gasteiger charge is -2.13. The lowest BCUT2D eigenvalue weighted by Crippen LogP contribution is -2.21. The fourth-order valence-corrected chi connectivity index (χ4v) is 2.61. The van der Waals surface area contributed by atoms with E-state index < -0.39 is 0 Å². The molecule has 0 atom stereocenters. The molecule has 0 radical (unpaired) electrons. The third-order valence-corrected chi connectivity index (χ3v) is 3.89. The number of aromatic nitrogens is 2. The van der Waals surface area contributed by atoms with Crippen LogP contribution in [0, 0.1) is 19.8 Å². The van der Waals surface area contributed by atoms with Crippen molar-refractivity contribution < 1.29 is 0 Å². The predicted octanol–water partition coefficient (Wildman–Crippen LogP) is 3.95. The molecular weight excluding hydrogens is 282 g/mol. The summed E-state index contributed by atoms with van der Waals surface area (Å²) in [6.45, 7) is 11.1. The van der Waals surface area contributed by atoms with Crippen molar-refractivity contribution in [3.63, 3.8) is 0 Å². The molecule has 114 valence electrons. The highest BCUT2D eigenvalue weighted by atomic mass is 35.5. The SMILES string of the molecule is Cc1ccc(Cn2c(CNCC(C)C)cnc2C)c(Cl)c1. The van der Waals surface area contributed by atoms with E-state index in [4.69, 9.17) is 11.6 Å². The Labute approximate surface area is 132 Å². The molecule has 2 rings (SSSR count). The first-order valence-electron chi connectivity index (χ1n) is 7.44. The van der Waals surface area contributed by atoms with Gasteiger partial charge in [0, 0.05) is 17.8 Å². The topological polar surface area (TPSA) is 29.9 Å². The lowest BCUT2D eigenvalue weighted by molar-refractivity contribution is 0.537. The van der Waals surface area contributed by atoms with Crippen LogP contribution in [-0.4, -0.2) is 16.1 Å². The number of hydrogen-bond donors (Lipinski definition) is 1. The summed E-state index contributed by atoms with van der Waals surface area (Å²) in [6.07, 6.45) is 1.95. The van der Waals surface area contributed by atoms with Gasteiger partial charge < -0.3 is 9.88 Å². The maximum atomic E-state index is 6.35. The van der Waals surface area contributed by atoms with Gasteiger partial charge in [-0.3, -0.25) is 0 Å². The van der Waals surface area contributed by atoms with Crippen molar-refractivity contribution >= 4 is 11.6 Å². The molecule has 2 aromatic rings. The summed E-state index contributed by atoms with van der Waals surface area (Å²) in [6, 6.07) is 6.21. The van der Waals surface area contributed by atoms with E-state index in [9.17, 15) is 0 Å². The van der Waals surface area contributed by atoms with Gasteiger partial charge >= 0.3 is 0 Å². The molecule has 0 bridgehead atoms. The summed E-state index contributed by atoms with van der Waals surface area (Å²) >= 11 is 6.35. The van der Waals surface area contributed by atoms with E-state index in [0.717, 1.165) is 36.0 Å². The van der Waals surface area contributed by atoms with Crippen LogP contribution in [0.2, 0.25) is 5.02 Å². The number of benzene rings is 1. The molecule has 1 aromatic carbocycles. The summed E-state index contributed by atoms with van der Waals surface area (Å²) in [5.74, 6) is 1.67. The van der Waals surface area contributed by atoms with Gasteiger partial charge in [0.1, 0.15) is 5.82 Å². The normalized spacial score (nSPS) is 11.3. The zero-order valence-electron chi connectivity index (χ0n) is 13.3. The Morgan fingerprint density at radius 3 is 2.71 bits per heavy atom. The van der Waals surface area contributed by atoms with Crippen LogP contribution in [-0.2, 0) is 13.1 Å². The Morgan fingerprint density at radius 1 is 1.29 bits per heavy atom. The summed E-state index contributed by atoms with van der Waals surface area (Å²) in [5, 5.41) is 4.29. The quantitative estimate of drug-likeness (QED) is 0.876. The highest BCUT2D eigenvalue weighted by Gasteiger charge is 2.09. The third kappa shape index (κ3) is 4.32. The van der Waals surface area contributed by atoms with Crippen molar-refractivity contribution in [2.45, 2.75) is 40.8 Å². The molecule has 0 amide bonds. The molecule has 1 aromatic heterocycles. The van der Waals surface area contributed by atoms with Crippen LogP contribution in [0.4, 0.5) is 0 Å². The molecule has 0 spiro atoms. The van der Waals surface area contributed by atoms with Gasteiger partial charge in [-0.15, -0.1) is 0 Å². The molecular formula is C17H24ClN3. The molecule has 3 nitrogen and oxygen atoms in total. The van der Waals surface area contributed by atoms with Gasteiger partial charge in [0.2, 0.25) is 0 Å². The van der Waals surface area contributed by atoms with Gasteiger partial charge in [0.05, 0.1) is 12.2 Å². The molecule has 1 N–H and O–H groups in total. The Hall–Kier alpha value is -1.32. The van der Waals surface area contributed by atoms with Crippen molar-refractivity contribution in [3.8, 4) is 0 Å². The van der Waals surface area contributed by atoms with Gasteiger partial charge in [-0.1, -0.05) is 37.6 Å². The standard InChI is InChI=1S/C17H24ClN3/c1-12(2)8-19-9-16-10-20-14(4)21(16)11-15-6-5-13(3)7-17(15)18/h5-7,10,12,19H,8-9,11H2,1-4H3. The second-order valence-electron chi connectivity index (χ2n) is 6.00. The van der Waals surface area contributed by atoms with Gasteiger partial charge in [0.25, 0.3) is 0 Å². The Balaban J connectivity index is 2.13. The molecule has 0 unspecified atom stereocenters. The van der Waals surface area contributed by atoms with Crippen LogP contribution in [0.1, 0.15) is 36.5 Å². The zero-order valence-corrected chi connectivity index (χ0v) is 14.0. The molecule has 0 aliphatic carbocycles. The number of rotatable bonds is 6. The van der Waals surface area contributed by atoms with Crippen LogP contribution >= 0.6 is 11.6 Å². The van der Waals surface area contributed by atoms with E-state index in [1.54, 1.807) is 0 Å². The Kier molecular flexibility index (Phi) is 5.43. The Morgan fingerprint density at radius 2 is 2.05 bits per heavy atom. The Bertz CT molecular complexity index is 602. The third-order valence-electron chi connectivity index (χ3n) is 3.53. The van der Waals surface area contributed by atoms with Crippen LogP contribution in [0.5, 0.6) is 0 Å². The molecule has 1 heterocycles. The molecule has 0 fully saturated rings. The number of aryl methyl sites for hydroxylation is 2. The smallest absolute Gasteiger partial charge is 0.106 e. The first kappa shape index (κ1) is 16.1.